The second-order valence-electron chi connectivity index (χ2n) is 9.73. The molecule has 20 heteroatoms. The van der Waals surface area contributed by atoms with E-state index < -0.39 is 64.6 Å². The highest BCUT2D eigenvalue weighted by Crippen LogP contribution is 2.40. The lowest BCUT2D eigenvalue weighted by Gasteiger charge is -2.31. The van der Waals surface area contributed by atoms with Gasteiger partial charge in [-0.1, -0.05) is 0 Å². The molecule has 0 unspecified atom stereocenters. The van der Waals surface area contributed by atoms with Crippen LogP contribution in [-0.4, -0.2) is 86.7 Å². The Bertz CT molecular complexity index is 1450. The van der Waals surface area contributed by atoms with Crippen molar-refractivity contribution < 1.29 is 63.7 Å². The molecule has 0 saturated heterocycles. The van der Waals surface area contributed by atoms with Crippen molar-refractivity contribution in [3.8, 4) is 11.6 Å². The number of ether oxygens (including phenoxy) is 3. The summed E-state index contributed by atoms with van der Waals surface area (Å²) in [6.07, 6.45) is -6.20. The lowest BCUT2D eigenvalue weighted by molar-refractivity contribution is -0.242. The van der Waals surface area contributed by atoms with Crippen molar-refractivity contribution in [3.63, 3.8) is 0 Å². The molecule has 1 fully saturated rings. The first-order chi connectivity index (χ1) is 20.4. The van der Waals surface area contributed by atoms with Crippen LogP contribution in [0.1, 0.15) is 26.8 Å². The molecule has 44 heavy (non-hydrogen) atoms. The number of halogens is 6. The summed E-state index contributed by atoms with van der Waals surface area (Å²) < 4.78 is 120. The summed E-state index contributed by atoms with van der Waals surface area (Å²) in [5.74, 6) is -1.15. The van der Waals surface area contributed by atoms with E-state index in [1.54, 1.807) is 0 Å². The van der Waals surface area contributed by atoms with Gasteiger partial charge in [0, 0.05) is 12.7 Å². The van der Waals surface area contributed by atoms with E-state index in [0.29, 0.717) is 26.5 Å². The molecule has 0 spiro atoms. The molecule has 1 saturated carbocycles. The van der Waals surface area contributed by atoms with Crippen LogP contribution < -0.4 is 24.4 Å². The average molecular weight is 662 g/mol. The molecule has 13 nitrogen and oxygen atoms in total. The Morgan fingerprint density at radius 2 is 1.91 bits per heavy atom. The minimum absolute atomic E-state index is 0.0263. The first-order valence-corrected chi connectivity index (χ1v) is 14.2. The van der Waals surface area contributed by atoms with Crippen molar-refractivity contribution in [1.82, 2.24) is 15.1 Å². The number of benzene rings is 1. The summed E-state index contributed by atoms with van der Waals surface area (Å²) in [5, 5.41) is 16.8. The van der Waals surface area contributed by atoms with Crippen LogP contribution in [0.15, 0.2) is 29.3 Å². The van der Waals surface area contributed by atoms with E-state index in [0.717, 1.165) is 10.4 Å². The number of amides is 2. The smallest absolute Gasteiger partial charge is 0.427 e. The number of nitrogens with zero attached hydrogens (tertiary/aromatic N) is 3. The van der Waals surface area contributed by atoms with Gasteiger partial charge in [0.1, 0.15) is 25.1 Å². The van der Waals surface area contributed by atoms with Gasteiger partial charge in [-0.3, -0.25) is 14.4 Å². The fourth-order valence-corrected chi connectivity index (χ4v) is 5.09. The molecule has 2 atom stereocenters. The topological polar surface area (TPSA) is 161 Å². The third kappa shape index (κ3) is 7.96. The van der Waals surface area contributed by atoms with Crippen molar-refractivity contribution >= 4 is 33.4 Å². The Hall–Kier alpha value is -3.94. The Morgan fingerprint density at radius 3 is 2.43 bits per heavy atom. The zero-order valence-electron chi connectivity index (χ0n) is 23.4. The molecule has 3 N–H and O–H groups in total. The van der Waals surface area contributed by atoms with Gasteiger partial charge in [0.05, 0.1) is 31.0 Å². The molecule has 1 aliphatic heterocycles. The third-order valence-electron chi connectivity index (χ3n) is 6.12. The molecule has 0 bridgehead atoms. The van der Waals surface area contributed by atoms with E-state index in [1.807, 2.05) is 0 Å². The highest BCUT2D eigenvalue weighted by Gasteiger charge is 2.51. The molecule has 2 heterocycles. The minimum Gasteiger partial charge on any atom is -0.489 e. The summed E-state index contributed by atoms with van der Waals surface area (Å²) in [6.45, 7) is -3.27. The number of carbonyl (C=O) groups is 2. The minimum atomic E-state index is -4.85. The van der Waals surface area contributed by atoms with Gasteiger partial charge >= 0.3 is 18.8 Å². The van der Waals surface area contributed by atoms with Crippen LogP contribution in [0.2, 0.25) is 0 Å². The van der Waals surface area contributed by atoms with Crippen molar-refractivity contribution in [2.45, 2.75) is 49.7 Å². The second-order valence-corrected chi connectivity index (χ2v) is 11.6. The maximum Gasteiger partial charge on any atom is 0.427 e. The molecule has 1 aliphatic carbocycles. The summed E-state index contributed by atoms with van der Waals surface area (Å²) in [5.41, 5.74) is -3.09. The van der Waals surface area contributed by atoms with Gasteiger partial charge in [-0.25, -0.2) is 22.3 Å². The van der Waals surface area contributed by atoms with Crippen LogP contribution in [0.5, 0.6) is 11.6 Å². The highest BCUT2D eigenvalue weighted by molar-refractivity contribution is 7.93. The van der Waals surface area contributed by atoms with E-state index >= 15 is 0 Å². The van der Waals surface area contributed by atoms with Crippen LogP contribution in [0.25, 0.3) is 0 Å². The van der Waals surface area contributed by atoms with Gasteiger partial charge < -0.3 is 24.6 Å². The van der Waals surface area contributed by atoms with E-state index in [-0.39, 0.29) is 46.8 Å². The maximum absolute atomic E-state index is 13.4. The number of carbonyl (C=O) groups excluding carboxylic acids is 2. The normalized spacial score (nSPS) is 17.9. The standard InChI is InChI=1S/C19H21F5N4O7S.C5H8FNO/c1-18(2,19(22,23)24)35-17(30)25-11-3-4-13-12(9-11)28(5-7-33-13)36(31,32)14-10-27(16(20)21)26-15(14)34-8-6-29;1-7-5(8)3-2-4(3)6/h3-4,9-10,16,29H,5-8H2,1-2H3,(H,25,30);3-4H,2H2,1H3,(H,7,8)/t;3-,4+/m.0/s1. The number of rotatable bonds is 9. The molecule has 1 aromatic carbocycles. The summed E-state index contributed by atoms with van der Waals surface area (Å²) >= 11 is 0. The van der Waals surface area contributed by atoms with Crippen molar-refractivity contribution in [1.29, 1.82) is 0 Å². The lowest BCUT2D eigenvalue weighted by atomic mass is 10.1. The van der Waals surface area contributed by atoms with E-state index in [2.05, 4.69) is 20.5 Å². The molecule has 2 aromatic rings. The predicted octanol–water partition coefficient (Wildman–Crippen LogP) is 3.22. The number of sulfonamides is 1. The average Bonchev–Trinajstić information content (AvgIpc) is 3.50. The fourth-order valence-electron chi connectivity index (χ4n) is 3.57. The Kier molecular flexibility index (Phi) is 10.5. The number of aliphatic hydroxyl groups is 1. The third-order valence-corrected chi connectivity index (χ3v) is 7.91. The largest absolute Gasteiger partial charge is 0.489 e. The first-order valence-electron chi connectivity index (χ1n) is 12.8. The Labute approximate surface area is 247 Å². The maximum atomic E-state index is 13.4. The molecule has 2 aliphatic rings. The molecule has 4 rings (SSSR count). The molecule has 2 amide bonds. The zero-order valence-corrected chi connectivity index (χ0v) is 24.2. The lowest BCUT2D eigenvalue weighted by Crippen LogP contribution is -2.44. The quantitative estimate of drug-likeness (QED) is 0.343. The fraction of sp³-hybridized carbons (Fsp3) is 0.542. The molecule has 246 valence electrons. The predicted molar refractivity (Wildman–Crippen MR) is 140 cm³/mol. The Balaban J connectivity index is 0.000000572. The van der Waals surface area contributed by atoms with Crippen LogP contribution >= 0.6 is 0 Å². The number of fused-ring (bicyclic) bond motifs is 1. The monoisotopic (exact) mass is 661 g/mol. The number of nitrogens with one attached hydrogen (secondary N) is 2. The van der Waals surface area contributed by atoms with Crippen molar-refractivity contribution in [2.75, 3.05) is 43.0 Å². The number of alkyl halides is 6. The van der Waals surface area contributed by atoms with Crippen molar-refractivity contribution in [3.05, 3.63) is 24.4 Å². The highest BCUT2D eigenvalue weighted by atomic mass is 32.2. The Morgan fingerprint density at radius 1 is 1.25 bits per heavy atom. The summed E-state index contributed by atoms with van der Waals surface area (Å²) in [4.78, 5) is 21.7. The second kappa shape index (κ2) is 13.4. The van der Waals surface area contributed by atoms with Crippen LogP contribution in [-0.2, 0) is 19.6 Å². The van der Waals surface area contributed by atoms with Gasteiger partial charge in [0.25, 0.3) is 15.9 Å². The molecular weight excluding hydrogens is 632 g/mol. The zero-order chi connectivity index (χ0) is 33.0. The number of hydrogen-bond acceptors (Lipinski definition) is 9. The van der Waals surface area contributed by atoms with Gasteiger partial charge in [-0.15, -0.1) is 5.10 Å². The van der Waals surface area contributed by atoms with Crippen LogP contribution in [0.3, 0.4) is 0 Å². The number of aliphatic hydroxyl groups excluding tert-OH is 1. The number of anilines is 2. The summed E-state index contributed by atoms with van der Waals surface area (Å²) in [6, 6.07) is 3.59. The molecular formula is C24H29F6N5O8S. The van der Waals surface area contributed by atoms with E-state index in [9.17, 15) is 44.3 Å². The van der Waals surface area contributed by atoms with Gasteiger partial charge in [0.15, 0.2) is 4.90 Å². The summed E-state index contributed by atoms with van der Waals surface area (Å²) in [7, 11) is -3.08. The van der Waals surface area contributed by atoms with Gasteiger partial charge in [-0.2, -0.15) is 22.0 Å². The SMILES string of the molecule is CC(C)(OC(=O)Nc1ccc2c(c1)N(S(=O)(=O)c1cn(C(F)F)nc1OCCO)CCO2)C(F)(F)F.CNC(=O)[C@H]1C[C@H]1F. The number of hydrogen-bond donors (Lipinski definition) is 3. The van der Waals surface area contributed by atoms with Gasteiger partial charge in [-0.05, 0) is 38.5 Å². The van der Waals surface area contributed by atoms with Crippen molar-refractivity contribution in [2.24, 2.45) is 5.92 Å². The first kappa shape index (κ1) is 34.5. The molecule has 1 aromatic heterocycles. The van der Waals surface area contributed by atoms with Crippen LogP contribution in [0, 0.1) is 5.92 Å². The van der Waals surface area contributed by atoms with E-state index in [1.165, 1.54) is 19.2 Å². The molecule has 0 radical (unpaired) electrons. The van der Waals surface area contributed by atoms with Gasteiger partial charge in [0.2, 0.25) is 11.5 Å². The number of aromatic nitrogens is 2. The van der Waals surface area contributed by atoms with Crippen LogP contribution in [0.4, 0.5) is 42.5 Å². The van der Waals surface area contributed by atoms with E-state index in [4.69, 9.17) is 14.6 Å².